The van der Waals surface area contributed by atoms with Gasteiger partial charge in [-0.2, -0.15) is 0 Å². The van der Waals surface area contributed by atoms with Gasteiger partial charge in [0.15, 0.2) is 0 Å². The molecule has 1 N–H and O–H groups in total. The van der Waals surface area contributed by atoms with Crippen molar-refractivity contribution in [2.45, 2.75) is 0 Å². The summed E-state index contributed by atoms with van der Waals surface area (Å²) in [7, 11) is 0. The van der Waals surface area contributed by atoms with Crippen molar-refractivity contribution < 1.29 is 14.4 Å². The Balaban J connectivity index is 1.74. The molecule has 0 unspecified atom stereocenters. The van der Waals surface area contributed by atoms with Gasteiger partial charge in [-0.15, -0.1) is 0 Å². The minimum atomic E-state index is -0.867. The SMILES string of the molecule is O=C1NC(=O)N(c2ccc(Cl)c(Cl)c2)C(=O)/C1=C/c1cccn1-c1ccc(Cl)cc1. The highest BCUT2D eigenvalue weighted by molar-refractivity contribution is 6.43. The fourth-order valence-corrected chi connectivity index (χ4v) is 3.43. The molecule has 1 fully saturated rings. The lowest BCUT2D eigenvalue weighted by molar-refractivity contribution is -0.122. The fraction of sp³-hybridized carbons (Fsp3) is 0. The maximum absolute atomic E-state index is 13.0. The first-order valence-electron chi connectivity index (χ1n) is 8.65. The molecule has 0 spiro atoms. The highest BCUT2D eigenvalue weighted by Crippen LogP contribution is 2.29. The second-order valence-corrected chi connectivity index (χ2v) is 7.59. The highest BCUT2D eigenvalue weighted by Gasteiger charge is 2.37. The van der Waals surface area contributed by atoms with Crippen LogP contribution in [0.2, 0.25) is 15.1 Å². The van der Waals surface area contributed by atoms with Gasteiger partial charge in [-0.05, 0) is 60.7 Å². The van der Waals surface area contributed by atoms with Crippen LogP contribution in [0.25, 0.3) is 11.8 Å². The zero-order valence-electron chi connectivity index (χ0n) is 15.1. The Morgan fingerprint density at radius 1 is 0.833 bits per heavy atom. The Kier molecular flexibility index (Phi) is 5.39. The monoisotopic (exact) mass is 459 g/mol. The van der Waals surface area contributed by atoms with Crippen LogP contribution >= 0.6 is 34.8 Å². The predicted molar refractivity (Wildman–Crippen MR) is 116 cm³/mol. The molecule has 2 heterocycles. The summed E-state index contributed by atoms with van der Waals surface area (Å²) in [5, 5.41) is 3.21. The molecule has 0 bridgehead atoms. The van der Waals surface area contributed by atoms with E-state index in [1.54, 1.807) is 47.2 Å². The van der Waals surface area contributed by atoms with Crippen LogP contribution in [0.4, 0.5) is 10.5 Å². The Labute approximate surface area is 186 Å². The predicted octanol–water partition coefficient (Wildman–Crippen LogP) is 5.10. The number of benzene rings is 2. The lowest BCUT2D eigenvalue weighted by Crippen LogP contribution is -2.54. The minimum absolute atomic E-state index is 0.175. The minimum Gasteiger partial charge on any atom is -0.317 e. The first-order valence-corrected chi connectivity index (χ1v) is 9.78. The Morgan fingerprint density at radius 2 is 1.53 bits per heavy atom. The van der Waals surface area contributed by atoms with Crippen LogP contribution in [0.5, 0.6) is 0 Å². The van der Waals surface area contributed by atoms with E-state index >= 15 is 0 Å². The number of barbiturate groups is 1. The largest absolute Gasteiger partial charge is 0.335 e. The number of amides is 4. The van der Waals surface area contributed by atoms with Gasteiger partial charge in [0.25, 0.3) is 11.8 Å². The molecule has 9 heteroatoms. The van der Waals surface area contributed by atoms with Crippen molar-refractivity contribution in [2.75, 3.05) is 4.90 Å². The van der Waals surface area contributed by atoms with E-state index in [-0.39, 0.29) is 21.3 Å². The van der Waals surface area contributed by atoms with Crippen LogP contribution < -0.4 is 10.2 Å². The molecule has 2 aromatic carbocycles. The third-order valence-corrected chi connectivity index (χ3v) is 5.43. The summed E-state index contributed by atoms with van der Waals surface area (Å²) in [6.45, 7) is 0. The van der Waals surface area contributed by atoms with Crippen LogP contribution in [-0.2, 0) is 9.59 Å². The summed E-state index contributed by atoms with van der Waals surface area (Å²) in [5.41, 5.74) is 1.35. The fourth-order valence-electron chi connectivity index (χ4n) is 3.01. The molecule has 150 valence electrons. The summed E-state index contributed by atoms with van der Waals surface area (Å²) in [4.78, 5) is 38.6. The summed E-state index contributed by atoms with van der Waals surface area (Å²) >= 11 is 17.9. The van der Waals surface area contributed by atoms with E-state index in [0.29, 0.717) is 10.7 Å². The average molecular weight is 461 g/mol. The molecule has 4 rings (SSSR count). The van der Waals surface area contributed by atoms with E-state index in [1.807, 2.05) is 0 Å². The van der Waals surface area contributed by atoms with Gasteiger partial charge in [-0.25, -0.2) is 9.69 Å². The molecule has 1 aliphatic rings. The quantitative estimate of drug-likeness (QED) is 0.436. The lowest BCUT2D eigenvalue weighted by atomic mass is 10.1. The number of rotatable bonds is 3. The summed E-state index contributed by atoms with van der Waals surface area (Å²) < 4.78 is 1.78. The Bertz CT molecular complexity index is 1220. The van der Waals surface area contributed by atoms with Gasteiger partial charge in [-0.1, -0.05) is 34.8 Å². The molecule has 0 saturated carbocycles. The van der Waals surface area contributed by atoms with Crippen LogP contribution in [0, 0.1) is 0 Å². The van der Waals surface area contributed by atoms with Crippen molar-refractivity contribution in [3.05, 3.63) is 87.1 Å². The molecule has 0 aliphatic carbocycles. The number of carbonyl (C=O) groups is 3. The van der Waals surface area contributed by atoms with E-state index in [9.17, 15) is 14.4 Å². The van der Waals surface area contributed by atoms with Crippen LogP contribution in [0.1, 0.15) is 5.69 Å². The second-order valence-electron chi connectivity index (χ2n) is 6.34. The Hall–Kier alpha value is -3.06. The van der Waals surface area contributed by atoms with Crippen LogP contribution in [0.3, 0.4) is 0 Å². The number of imide groups is 2. The van der Waals surface area contributed by atoms with E-state index in [2.05, 4.69) is 5.32 Å². The normalized spacial score (nSPS) is 15.6. The van der Waals surface area contributed by atoms with Gasteiger partial charge in [0.2, 0.25) is 0 Å². The first-order chi connectivity index (χ1) is 14.3. The molecule has 3 aromatic rings. The van der Waals surface area contributed by atoms with Gasteiger partial charge >= 0.3 is 6.03 Å². The maximum atomic E-state index is 13.0. The van der Waals surface area contributed by atoms with Gasteiger partial charge in [0, 0.05) is 22.6 Å². The van der Waals surface area contributed by atoms with Gasteiger partial charge in [-0.3, -0.25) is 14.9 Å². The molecule has 0 atom stereocenters. The summed E-state index contributed by atoms with van der Waals surface area (Å²) in [6.07, 6.45) is 3.20. The number of nitrogens with zero attached hydrogens (tertiary/aromatic N) is 2. The molecule has 1 aliphatic heterocycles. The maximum Gasteiger partial charge on any atom is 0.335 e. The number of anilines is 1. The number of carbonyl (C=O) groups excluding carboxylic acids is 3. The van der Waals surface area contributed by atoms with Crippen LogP contribution in [0.15, 0.2) is 66.4 Å². The van der Waals surface area contributed by atoms with E-state index in [1.165, 1.54) is 24.3 Å². The Morgan fingerprint density at radius 3 is 2.23 bits per heavy atom. The van der Waals surface area contributed by atoms with Gasteiger partial charge in [0.1, 0.15) is 5.57 Å². The van der Waals surface area contributed by atoms with Crippen molar-refractivity contribution in [3.8, 4) is 5.69 Å². The van der Waals surface area contributed by atoms with E-state index < -0.39 is 17.8 Å². The topological polar surface area (TPSA) is 71.4 Å². The van der Waals surface area contributed by atoms with Crippen molar-refractivity contribution in [1.29, 1.82) is 0 Å². The average Bonchev–Trinajstić information content (AvgIpc) is 3.16. The van der Waals surface area contributed by atoms with E-state index in [0.717, 1.165) is 10.6 Å². The standard InChI is InChI=1S/C21H12Cl3N3O3/c22-12-3-5-13(6-4-12)26-9-1-2-14(26)10-16-19(28)25-21(30)27(20(16)29)15-7-8-17(23)18(24)11-15/h1-11H,(H,25,28,30)/b16-10+. The number of nitrogens with one attached hydrogen (secondary N) is 1. The summed E-state index contributed by atoms with van der Waals surface area (Å²) in [5.74, 6) is -1.56. The molecule has 0 radical (unpaired) electrons. The molecule has 4 amide bonds. The molecule has 30 heavy (non-hydrogen) atoms. The van der Waals surface area contributed by atoms with Crippen molar-refractivity contribution in [2.24, 2.45) is 0 Å². The van der Waals surface area contributed by atoms with Crippen LogP contribution in [-0.4, -0.2) is 22.4 Å². The number of hydrogen-bond acceptors (Lipinski definition) is 3. The zero-order chi connectivity index (χ0) is 21.4. The smallest absolute Gasteiger partial charge is 0.317 e. The first kappa shape index (κ1) is 20.2. The molecular weight excluding hydrogens is 449 g/mol. The second kappa shape index (κ2) is 7.99. The third kappa shape index (κ3) is 3.73. The molecule has 6 nitrogen and oxygen atoms in total. The molecule has 1 saturated heterocycles. The van der Waals surface area contributed by atoms with Crippen molar-refractivity contribution in [3.63, 3.8) is 0 Å². The van der Waals surface area contributed by atoms with Gasteiger partial charge < -0.3 is 4.57 Å². The lowest BCUT2D eigenvalue weighted by Gasteiger charge is -2.26. The number of halogens is 3. The van der Waals surface area contributed by atoms with Crippen molar-refractivity contribution >= 4 is 64.4 Å². The van der Waals surface area contributed by atoms with E-state index in [4.69, 9.17) is 34.8 Å². The highest BCUT2D eigenvalue weighted by atomic mass is 35.5. The van der Waals surface area contributed by atoms with Crippen molar-refractivity contribution in [1.82, 2.24) is 9.88 Å². The number of hydrogen-bond donors (Lipinski definition) is 1. The molecular formula is C21H12Cl3N3O3. The summed E-state index contributed by atoms with van der Waals surface area (Å²) in [6, 6.07) is 14.0. The van der Waals surface area contributed by atoms with Gasteiger partial charge in [0.05, 0.1) is 15.7 Å². The third-order valence-electron chi connectivity index (χ3n) is 4.44. The number of urea groups is 1. The number of aromatic nitrogens is 1. The molecule has 1 aromatic heterocycles. The zero-order valence-corrected chi connectivity index (χ0v) is 17.4.